The van der Waals surface area contributed by atoms with Crippen LogP contribution < -0.4 is 5.32 Å². The monoisotopic (exact) mass is 341 g/mol. The number of aliphatic hydroxyl groups is 1. The zero-order chi connectivity index (χ0) is 15.9. The maximum Gasteiger partial charge on any atom is 0.277 e. The van der Waals surface area contributed by atoms with Crippen molar-refractivity contribution >= 4 is 29.3 Å². The third kappa shape index (κ3) is 4.46. The quantitative estimate of drug-likeness (QED) is 0.752. The Morgan fingerprint density at radius 3 is 2.91 bits per heavy atom. The van der Waals surface area contributed by atoms with E-state index in [4.69, 9.17) is 21.1 Å². The summed E-state index contributed by atoms with van der Waals surface area (Å²) in [4.78, 5) is 11.7. The molecule has 0 saturated heterocycles. The molecule has 1 atom stereocenters. The van der Waals surface area contributed by atoms with Crippen LogP contribution in [0.2, 0.25) is 5.02 Å². The SMILES string of the molecule is CC[C@@H](CO)NC(=O)CSc1nnc(-c2ccccc2Cl)o1. The molecule has 6 nitrogen and oxygen atoms in total. The molecule has 0 aliphatic rings. The van der Waals surface area contributed by atoms with Gasteiger partial charge in [0.25, 0.3) is 5.22 Å². The van der Waals surface area contributed by atoms with Crippen LogP contribution in [0.5, 0.6) is 0 Å². The van der Waals surface area contributed by atoms with Gasteiger partial charge in [-0.05, 0) is 18.6 Å². The molecule has 2 rings (SSSR count). The number of benzene rings is 1. The van der Waals surface area contributed by atoms with Crippen molar-refractivity contribution in [1.82, 2.24) is 15.5 Å². The highest BCUT2D eigenvalue weighted by Gasteiger charge is 2.14. The predicted molar refractivity (Wildman–Crippen MR) is 84.8 cm³/mol. The molecule has 8 heteroatoms. The lowest BCUT2D eigenvalue weighted by atomic mass is 10.2. The molecule has 0 saturated carbocycles. The van der Waals surface area contributed by atoms with Gasteiger partial charge in [0.2, 0.25) is 11.8 Å². The molecule has 0 spiro atoms. The summed E-state index contributed by atoms with van der Waals surface area (Å²) in [6, 6.07) is 6.93. The fourth-order valence-corrected chi connectivity index (χ4v) is 2.48. The van der Waals surface area contributed by atoms with Gasteiger partial charge in [0.05, 0.1) is 29.0 Å². The zero-order valence-electron chi connectivity index (χ0n) is 12.0. The summed E-state index contributed by atoms with van der Waals surface area (Å²) in [6.45, 7) is 1.81. The van der Waals surface area contributed by atoms with E-state index in [2.05, 4.69) is 15.5 Å². The van der Waals surface area contributed by atoms with E-state index in [9.17, 15) is 4.79 Å². The van der Waals surface area contributed by atoms with Crippen LogP contribution in [0.25, 0.3) is 11.5 Å². The van der Waals surface area contributed by atoms with Crippen LogP contribution in [-0.4, -0.2) is 39.6 Å². The second-order valence-electron chi connectivity index (χ2n) is 4.50. The molecular weight excluding hydrogens is 326 g/mol. The minimum absolute atomic E-state index is 0.0792. The number of thioether (sulfide) groups is 1. The van der Waals surface area contributed by atoms with Gasteiger partial charge in [-0.15, -0.1) is 10.2 Å². The number of halogens is 1. The first-order valence-corrected chi connectivity index (χ1v) is 8.11. The van der Waals surface area contributed by atoms with E-state index in [0.29, 0.717) is 28.1 Å². The second-order valence-corrected chi connectivity index (χ2v) is 5.83. The van der Waals surface area contributed by atoms with Crippen LogP contribution >= 0.6 is 23.4 Å². The Kier molecular flexibility index (Phi) is 6.23. The highest BCUT2D eigenvalue weighted by atomic mass is 35.5. The Morgan fingerprint density at radius 2 is 2.23 bits per heavy atom. The molecule has 118 valence electrons. The maximum absolute atomic E-state index is 11.7. The highest BCUT2D eigenvalue weighted by molar-refractivity contribution is 7.99. The third-order valence-corrected chi connectivity index (χ3v) is 4.06. The fraction of sp³-hybridized carbons (Fsp3) is 0.357. The van der Waals surface area contributed by atoms with Gasteiger partial charge in [-0.3, -0.25) is 4.79 Å². The smallest absolute Gasteiger partial charge is 0.277 e. The number of nitrogens with one attached hydrogen (secondary N) is 1. The number of hydrogen-bond donors (Lipinski definition) is 2. The van der Waals surface area contributed by atoms with Crippen LogP contribution in [0.3, 0.4) is 0 Å². The van der Waals surface area contributed by atoms with Crippen LogP contribution in [0.15, 0.2) is 33.9 Å². The molecule has 0 fully saturated rings. The van der Waals surface area contributed by atoms with Crippen molar-refractivity contribution in [2.45, 2.75) is 24.6 Å². The average molecular weight is 342 g/mol. The summed E-state index contributed by atoms with van der Waals surface area (Å²) in [5, 5.41) is 20.4. The molecule has 0 aliphatic heterocycles. The lowest BCUT2D eigenvalue weighted by Gasteiger charge is -2.12. The van der Waals surface area contributed by atoms with Crippen molar-refractivity contribution in [2.75, 3.05) is 12.4 Å². The first kappa shape index (κ1) is 16.8. The number of amides is 1. The van der Waals surface area contributed by atoms with Crippen molar-refractivity contribution in [3.8, 4) is 11.5 Å². The van der Waals surface area contributed by atoms with Gasteiger partial charge in [0.1, 0.15) is 0 Å². The van der Waals surface area contributed by atoms with Gasteiger partial charge in [-0.1, -0.05) is 42.4 Å². The number of rotatable bonds is 7. The molecule has 1 heterocycles. The van der Waals surface area contributed by atoms with Gasteiger partial charge in [0.15, 0.2) is 0 Å². The van der Waals surface area contributed by atoms with E-state index in [1.165, 1.54) is 0 Å². The molecule has 1 amide bonds. The van der Waals surface area contributed by atoms with Gasteiger partial charge in [-0.2, -0.15) is 0 Å². The summed E-state index contributed by atoms with van der Waals surface area (Å²) in [5.41, 5.74) is 0.652. The molecule has 1 aromatic carbocycles. The zero-order valence-corrected chi connectivity index (χ0v) is 13.5. The first-order valence-electron chi connectivity index (χ1n) is 6.75. The van der Waals surface area contributed by atoms with Crippen LogP contribution in [-0.2, 0) is 4.79 Å². The number of nitrogens with zero attached hydrogens (tertiary/aromatic N) is 2. The molecule has 0 unspecified atom stereocenters. The van der Waals surface area contributed by atoms with E-state index in [1.807, 2.05) is 19.1 Å². The molecule has 0 bridgehead atoms. The van der Waals surface area contributed by atoms with Crippen molar-refractivity contribution in [2.24, 2.45) is 0 Å². The maximum atomic E-state index is 11.7. The highest BCUT2D eigenvalue weighted by Crippen LogP contribution is 2.28. The Morgan fingerprint density at radius 1 is 1.45 bits per heavy atom. The third-order valence-electron chi connectivity index (χ3n) is 2.92. The van der Waals surface area contributed by atoms with E-state index in [1.54, 1.807) is 12.1 Å². The van der Waals surface area contributed by atoms with Gasteiger partial charge in [-0.25, -0.2) is 0 Å². The Balaban J connectivity index is 1.93. The molecular formula is C14H16ClN3O3S. The summed E-state index contributed by atoms with van der Waals surface area (Å²) < 4.78 is 5.49. The molecule has 0 aliphatic carbocycles. The predicted octanol–water partition coefficient (Wildman–Crippen LogP) is 2.37. The lowest BCUT2D eigenvalue weighted by molar-refractivity contribution is -0.119. The minimum Gasteiger partial charge on any atom is -0.411 e. The number of aromatic nitrogens is 2. The van der Waals surface area contributed by atoms with E-state index < -0.39 is 0 Å². The van der Waals surface area contributed by atoms with Crippen molar-refractivity contribution < 1.29 is 14.3 Å². The normalized spacial score (nSPS) is 12.1. The number of aliphatic hydroxyl groups excluding tert-OH is 1. The topological polar surface area (TPSA) is 88.2 Å². The Hall–Kier alpha value is -1.57. The van der Waals surface area contributed by atoms with Crippen LogP contribution in [0.4, 0.5) is 0 Å². The Bertz CT molecular complexity index is 631. The number of hydrogen-bond acceptors (Lipinski definition) is 6. The summed E-state index contributed by atoms with van der Waals surface area (Å²) in [5.74, 6) is 0.263. The number of carbonyl (C=O) groups is 1. The molecule has 0 radical (unpaired) electrons. The first-order chi connectivity index (χ1) is 10.6. The van der Waals surface area contributed by atoms with E-state index in [-0.39, 0.29) is 24.3 Å². The standard InChI is InChI=1S/C14H16ClN3O3S/c1-2-9(7-19)16-12(20)8-22-14-18-17-13(21-14)10-5-3-4-6-11(10)15/h3-6,9,19H,2,7-8H2,1H3,(H,16,20)/t9-/m0/s1. The molecule has 22 heavy (non-hydrogen) atoms. The van der Waals surface area contributed by atoms with E-state index >= 15 is 0 Å². The number of carbonyl (C=O) groups excluding carboxylic acids is 1. The minimum atomic E-state index is -0.227. The van der Waals surface area contributed by atoms with Gasteiger partial charge >= 0.3 is 0 Å². The van der Waals surface area contributed by atoms with Crippen molar-refractivity contribution in [3.05, 3.63) is 29.3 Å². The summed E-state index contributed by atoms with van der Waals surface area (Å²) >= 11 is 7.20. The molecule has 2 N–H and O–H groups in total. The lowest BCUT2D eigenvalue weighted by Crippen LogP contribution is -2.37. The summed E-state index contributed by atoms with van der Waals surface area (Å²) in [7, 11) is 0. The van der Waals surface area contributed by atoms with E-state index in [0.717, 1.165) is 11.8 Å². The van der Waals surface area contributed by atoms with Crippen molar-refractivity contribution in [1.29, 1.82) is 0 Å². The van der Waals surface area contributed by atoms with Gasteiger partial charge < -0.3 is 14.8 Å². The fourth-order valence-electron chi connectivity index (χ4n) is 1.69. The van der Waals surface area contributed by atoms with Crippen LogP contribution in [0.1, 0.15) is 13.3 Å². The average Bonchev–Trinajstić information content (AvgIpc) is 2.99. The largest absolute Gasteiger partial charge is 0.411 e. The second kappa shape index (κ2) is 8.17. The summed E-state index contributed by atoms with van der Waals surface area (Å²) in [6.07, 6.45) is 0.671. The Labute approximate surface area is 137 Å². The van der Waals surface area contributed by atoms with Gasteiger partial charge in [0, 0.05) is 0 Å². The molecule has 2 aromatic rings. The van der Waals surface area contributed by atoms with Crippen molar-refractivity contribution in [3.63, 3.8) is 0 Å². The molecule has 1 aromatic heterocycles. The van der Waals surface area contributed by atoms with Crippen LogP contribution in [0, 0.1) is 0 Å².